The predicted octanol–water partition coefficient (Wildman–Crippen LogP) is 2.34. The van der Waals surface area contributed by atoms with Gasteiger partial charge in [0.15, 0.2) is 0 Å². The van der Waals surface area contributed by atoms with Crippen molar-refractivity contribution in [1.29, 1.82) is 0 Å². The number of hydrogen-bond acceptors (Lipinski definition) is 5. The number of para-hydroxylation sites is 2. The van der Waals surface area contributed by atoms with Crippen molar-refractivity contribution in [2.45, 2.75) is 32.2 Å². The molecule has 1 saturated heterocycles. The van der Waals surface area contributed by atoms with Gasteiger partial charge in [0.1, 0.15) is 18.1 Å². The van der Waals surface area contributed by atoms with Gasteiger partial charge < -0.3 is 24.3 Å². The predicted molar refractivity (Wildman–Crippen MR) is 113 cm³/mol. The fourth-order valence-electron chi connectivity index (χ4n) is 4.06. The molecule has 8 heteroatoms. The number of nitrogens with one attached hydrogen (secondary N) is 1. The van der Waals surface area contributed by atoms with Crippen molar-refractivity contribution in [3.8, 4) is 5.75 Å². The molecule has 2 aliphatic heterocycles. The summed E-state index contributed by atoms with van der Waals surface area (Å²) in [5.41, 5.74) is 0.757. The Morgan fingerprint density at radius 2 is 1.74 bits per heavy atom. The SMILES string of the molecule is O=C(NCc1ccco1)C1CCN(C(=O)CCC(=O)N2CCOc3ccccc32)CC1. The van der Waals surface area contributed by atoms with Crippen LogP contribution in [0.25, 0.3) is 0 Å². The topological polar surface area (TPSA) is 92.1 Å². The zero-order valence-corrected chi connectivity index (χ0v) is 17.4. The molecule has 31 heavy (non-hydrogen) atoms. The summed E-state index contributed by atoms with van der Waals surface area (Å²) in [7, 11) is 0. The number of likely N-dealkylation sites (tertiary alicyclic amines) is 1. The first-order valence-corrected chi connectivity index (χ1v) is 10.7. The maximum atomic E-state index is 12.7. The lowest BCUT2D eigenvalue weighted by Crippen LogP contribution is -2.43. The molecule has 0 atom stereocenters. The lowest BCUT2D eigenvalue weighted by atomic mass is 9.95. The zero-order valence-electron chi connectivity index (χ0n) is 17.4. The minimum Gasteiger partial charge on any atom is -0.490 e. The Bertz CT molecular complexity index is 919. The fraction of sp³-hybridized carbons (Fsp3) is 0.435. The van der Waals surface area contributed by atoms with Crippen LogP contribution in [0, 0.1) is 5.92 Å². The van der Waals surface area contributed by atoms with Crippen LogP contribution in [0.2, 0.25) is 0 Å². The van der Waals surface area contributed by atoms with Crippen LogP contribution in [0.5, 0.6) is 5.75 Å². The number of nitrogens with zero attached hydrogens (tertiary/aromatic N) is 2. The van der Waals surface area contributed by atoms with Crippen LogP contribution < -0.4 is 15.0 Å². The molecule has 2 aliphatic rings. The first-order chi connectivity index (χ1) is 15.1. The highest BCUT2D eigenvalue weighted by molar-refractivity contribution is 5.97. The largest absolute Gasteiger partial charge is 0.490 e. The van der Waals surface area contributed by atoms with Gasteiger partial charge in [0.05, 0.1) is 25.0 Å². The summed E-state index contributed by atoms with van der Waals surface area (Å²) >= 11 is 0. The molecule has 164 valence electrons. The number of carbonyl (C=O) groups excluding carboxylic acids is 3. The van der Waals surface area contributed by atoms with E-state index in [0.29, 0.717) is 57.1 Å². The van der Waals surface area contributed by atoms with Crippen molar-refractivity contribution in [2.75, 3.05) is 31.1 Å². The highest BCUT2D eigenvalue weighted by atomic mass is 16.5. The molecule has 1 aromatic heterocycles. The molecule has 2 aromatic rings. The van der Waals surface area contributed by atoms with E-state index < -0.39 is 0 Å². The number of piperidine rings is 1. The number of anilines is 1. The second-order valence-corrected chi connectivity index (χ2v) is 7.81. The van der Waals surface area contributed by atoms with E-state index in [1.54, 1.807) is 22.1 Å². The summed E-state index contributed by atoms with van der Waals surface area (Å²) < 4.78 is 10.8. The van der Waals surface area contributed by atoms with E-state index >= 15 is 0 Å². The molecular weight excluding hydrogens is 398 g/mol. The molecule has 3 heterocycles. The lowest BCUT2D eigenvalue weighted by Gasteiger charge is -2.32. The summed E-state index contributed by atoms with van der Waals surface area (Å²) in [6, 6.07) is 11.0. The van der Waals surface area contributed by atoms with Crippen LogP contribution in [0.4, 0.5) is 5.69 Å². The van der Waals surface area contributed by atoms with Gasteiger partial charge in [-0.25, -0.2) is 0 Å². The third kappa shape index (κ3) is 5.07. The van der Waals surface area contributed by atoms with Crippen molar-refractivity contribution < 1.29 is 23.5 Å². The second-order valence-electron chi connectivity index (χ2n) is 7.81. The quantitative estimate of drug-likeness (QED) is 0.767. The van der Waals surface area contributed by atoms with Gasteiger partial charge in [-0.3, -0.25) is 14.4 Å². The Balaban J connectivity index is 1.21. The number of benzene rings is 1. The molecule has 8 nitrogen and oxygen atoms in total. The van der Waals surface area contributed by atoms with Gasteiger partial charge in [-0.1, -0.05) is 12.1 Å². The van der Waals surface area contributed by atoms with Gasteiger partial charge in [-0.05, 0) is 37.1 Å². The number of hydrogen-bond donors (Lipinski definition) is 1. The number of amides is 3. The maximum absolute atomic E-state index is 12.7. The smallest absolute Gasteiger partial charge is 0.227 e. The van der Waals surface area contributed by atoms with E-state index in [-0.39, 0.29) is 36.5 Å². The van der Waals surface area contributed by atoms with E-state index in [2.05, 4.69) is 5.32 Å². The Morgan fingerprint density at radius 3 is 2.52 bits per heavy atom. The molecule has 0 radical (unpaired) electrons. The number of rotatable bonds is 6. The third-order valence-corrected chi connectivity index (χ3v) is 5.82. The van der Waals surface area contributed by atoms with E-state index in [0.717, 1.165) is 5.69 Å². The molecular formula is C23H27N3O5. The molecule has 0 saturated carbocycles. The first-order valence-electron chi connectivity index (χ1n) is 10.7. The third-order valence-electron chi connectivity index (χ3n) is 5.82. The van der Waals surface area contributed by atoms with Crippen LogP contribution in [-0.2, 0) is 20.9 Å². The van der Waals surface area contributed by atoms with E-state index in [9.17, 15) is 14.4 Å². The average molecular weight is 425 g/mol. The van der Waals surface area contributed by atoms with Gasteiger partial charge in [0.25, 0.3) is 0 Å². The monoisotopic (exact) mass is 425 g/mol. The minimum absolute atomic E-state index is 0.00957. The summed E-state index contributed by atoms with van der Waals surface area (Å²) in [5.74, 6) is 1.19. The van der Waals surface area contributed by atoms with Crippen molar-refractivity contribution in [2.24, 2.45) is 5.92 Å². The van der Waals surface area contributed by atoms with Crippen molar-refractivity contribution >= 4 is 23.4 Å². The molecule has 0 bridgehead atoms. The standard InChI is InChI=1S/C23H27N3O5/c27-21(7-8-22(28)26-13-15-31-20-6-2-1-5-19(20)26)25-11-9-17(10-12-25)23(29)24-16-18-4-3-14-30-18/h1-6,14,17H,7-13,15-16H2,(H,24,29). The lowest BCUT2D eigenvalue weighted by molar-refractivity contribution is -0.136. The number of ether oxygens (including phenoxy) is 1. The molecule has 0 unspecified atom stereocenters. The summed E-state index contributed by atoms with van der Waals surface area (Å²) in [4.78, 5) is 41.1. The van der Waals surface area contributed by atoms with Crippen LogP contribution in [-0.4, -0.2) is 48.9 Å². The van der Waals surface area contributed by atoms with Crippen LogP contribution >= 0.6 is 0 Å². The Kier molecular flexibility index (Phi) is 6.54. The van der Waals surface area contributed by atoms with Gasteiger partial charge in [-0.15, -0.1) is 0 Å². The first kappa shape index (κ1) is 21.0. The van der Waals surface area contributed by atoms with E-state index in [1.165, 1.54) is 0 Å². The van der Waals surface area contributed by atoms with Crippen LogP contribution in [0.1, 0.15) is 31.4 Å². The summed E-state index contributed by atoms with van der Waals surface area (Å²) in [6.07, 6.45) is 3.17. The van der Waals surface area contributed by atoms with Crippen molar-refractivity contribution in [3.05, 3.63) is 48.4 Å². The van der Waals surface area contributed by atoms with E-state index in [1.807, 2.05) is 30.3 Å². The summed E-state index contributed by atoms with van der Waals surface area (Å²) in [6.45, 7) is 2.38. The highest BCUT2D eigenvalue weighted by Crippen LogP contribution is 2.31. The molecule has 0 spiro atoms. The number of carbonyl (C=O) groups is 3. The zero-order chi connectivity index (χ0) is 21.6. The molecule has 0 aliphatic carbocycles. The normalized spacial score (nSPS) is 16.4. The molecule has 1 aromatic carbocycles. The number of fused-ring (bicyclic) bond motifs is 1. The van der Waals surface area contributed by atoms with E-state index in [4.69, 9.17) is 9.15 Å². The Hall–Kier alpha value is -3.29. The van der Waals surface area contributed by atoms with Crippen molar-refractivity contribution in [1.82, 2.24) is 10.2 Å². The van der Waals surface area contributed by atoms with Gasteiger partial charge in [-0.2, -0.15) is 0 Å². The molecule has 1 N–H and O–H groups in total. The Morgan fingerprint density at radius 1 is 0.968 bits per heavy atom. The van der Waals surface area contributed by atoms with Gasteiger partial charge in [0.2, 0.25) is 17.7 Å². The van der Waals surface area contributed by atoms with Crippen LogP contribution in [0.3, 0.4) is 0 Å². The second kappa shape index (κ2) is 9.68. The van der Waals surface area contributed by atoms with Crippen molar-refractivity contribution in [3.63, 3.8) is 0 Å². The minimum atomic E-state index is -0.106. The average Bonchev–Trinajstić information content (AvgIpc) is 3.34. The number of furan rings is 1. The Labute approximate surface area is 181 Å². The molecule has 4 rings (SSSR count). The fourth-order valence-corrected chi connectivity index (χ4v) is 4.06. The van der Waals surface area contributed by atoms with Gasteiger partial charge >= 0.3 is 0 Å². The summed E-state index contributed by atoms with van der Waals surface area (Å²) in [5, 5.41) is 2.89. The highest BCUT2D eigenvalue weighted by Gasteiger charge is 2.28. The van der Waals surface area contributed by atoms with Crippen LogP contribution in [0.15, 0.2) is 47.1 Å². The maximum Gasteiger partial charge on any atom is 0.227 e. The van der Waals surface area contributed by atoms with Gasteiger partial charge in [0, 0.05) is 31.8 Å². The molecule has 3 amide bonds. The molecule has 1 fully saturated rings.